The van der Waals surface area contributed by atoms with Crippen molar-refractivity contribution in [2.45, 2.75) is 51.1 Å². The van der Waals surface area contributed by atoms with Gasteiger partial charge in [-0.3, -0.25) is 9.59 Å². The number of pyridine rings is 1. The molecule has 7 nitrogen and oxygen atoms in total. The van der Waals surface area contributed by atoms with Crippen LogP contribution < -0.4 is 21.1 Å². The van der Waals surface area contributed by atoms with Crippen LogP contribution in [0.25, 0.3) is 0 Å². The van der Waals surface area contributed by atoms with Gasteiger partial charge in [0.2, 0.25) is 5.91 Å². The molecule has 1 aliphatic rings. The number of carbonyl (C=O) groups is 2. The molecule has 1 aromatic carbocycles. The van der Waals surface area contributed by atoms with Crippen LogP contribution in [0.1, 0.15) is 48.5 Å². The van der Waals surface area contributed by atoms with Crippen molar-refractivity contribution < 1.29 is 14.3 Å². The molecule has 0 atom stereocenters. The number of amides is 2. The number of nitrogens with zero attached hydrogens (tertiary/aromatic N) is 1. The Hall–Kier alpha value is -2.64. The van der Waals surface area contributed by atoms with Gasteiger partial charge < -0.3 is 21.1 Å². The van der Waals surface area contributed by atoms with E-state index in [0.29, 0.717) is 34.3 Å². The lowest BCUT2D eigenvalue weighted by Gasteiger charge is -2.27. The first-order valence-electron chi connectivity index (χ1n) is 10.2. The third-order valence-electron chi connectivity index (χ3n) is 5.12. The molecular weight excluding hydrogens is 404 g/mol. The molecule has 1 heterocycles. The van der Waals surface area contributed by atoms with Crippen LogP contribution in [0, 0.1) is 0 Å². The fourth-order valence-electron chi connectivity index (χ4n) is 3.58. The number of carbonyl (C=O) groups excluding carboxylic acids is 2. The summed E-state index contributed by atoms with van der Waals surface area (Å²) in [7, 11) is 0. The molecular formula is C22H27ClN4O3. The molecule has 2 aromatic rings. The number of nitrogens with one attached hydrogen (secondary N) is 2. The lowest BCUT2D eigenvalue weighted by Crippen LogP contribution is -2.40. The summed E-state index contributed by atoms with van der Waals surface area (Å²) in [4.78, 5) is 29.7. The van der Waals surface area contributed by atoms with Gasteiger partial charge in [0.25, 0.3) is 5.91 Å². The molecule has 0 saturated heterocycles. The van der Waals surface area contributed by atoms with Crippen molar-refractivity contribution in [1.82, 2.24) is 10.3 Å². The quantitative estimate of drug-likeness (QED) is 0.624. The van der Waals surface area contributed by atoms with Crippen LogP contribution in [0.15, 0.2) is 36.5 Å². The van der Waals surface area contributed by atoms with Gasteiger partial charge in [0, 0.05) is 29.4 Å². The Morgan fingerprint density at radius 3 is 2.63 bits per heavy atom. The zero-order valence-corrected chi connectivity index (χ0v) is 17.7. The van der Waals surface area contributed by atoms with E-state index in [1.807, 2.05) is 6.92 Å². The Morgan fingerprint density at radius 1 is 1.20 bits per heavy atom. The third kappa shape index (κ3) is 5.93. The minimum absolute atomic E-state index is 0.0151. The van der Waals surface area contributed by atoms with Crippen LogP contribution in [0.3, 0.4) is 0 Å². The molecule has 30 heavy (non-hydrogen) atoms. The summed E-state index contributed by atoms with van der Waals surface area (Å²) < 4.78 is 5.69. The van der Waals surface area contributed by atoms with E-state index in [0.717, 1.165) is 25.7 Å². The van der Waals surface area contributed by atoms with Gasteiger partial charge in [-0.2, -0.15) is 0 Å². The molecule has 0 unspecified atom stereocenters. The lowest BCUT2D eigenvalue weighted by molar-refractivity contribution is -0.115. The van der Waals surface area contributed by atoms with Gasteiger partial charge in [0.05, 0.1) is 18.1 Å². The van der Waals surface area contributed by atoms with Gasteiger partial charge in [0.15, 0.2) is 0 Å². The van der Waals surface area contributed by atoms with Crippen molar-refractivity contribution in [2.75, 3.05) is 11.9 Å². The summed E-state index contributed by atoms with van der Waals surface area (Å²) in [5.74, 6) is 0.414. The highest BCUT2D eigenvalue weighted by molar-refractivity contribution is 6.30. The molecule has 1 aliphatic carbocycles. The molecule has 3 rings (SSSR count). The summed E-state index contributed by atoms with van der Waals surface area (Å²) in [5.41, 5.74) is 6.95. The van der Waals surface area contributed by atoms with Gasteiger partial charge in [-0.25, -0.2) is 4.98 Å². The lowest BCUT2D eigenvalue weighted by atomic mass is 9.91. The normalized spacial score (nSPS) is 18.5. The van der Waals surface area contributed by atoms with Gasteiger partial charge in [-0.15, -0.1) is 0 Å². The first-order valence-corrected chi connectivity index (χ1v) is 10.6. The fraction of sp³-hybridized carbons (Fsp3) is 0.409. The van der Waals surface area contributed by atoms with E-state index in [1.54, 1.807) is 30.3 Å². The Balaban J connectivity index is 1.76. The number of hydrogen-bond acceptors (Lipinski definition) is 5. The highest BCUT2D eigenvalue weighted by atomic mass is 35.5. The molecule has 0 aliphatic heterocycles. The van der Waals surface area contributed by atoms with Gasteiger partial charge in [-0.1, -0.05) is 17.7 Å². The Kier molecular flexibility index (Phi) is 7.65. The summed E-state index contributed by atoms with van der Waals surface area (Å²) in [6.07, 6.45) is 4.95. The fourth-order valence-corrected chi connectivity index (χ4v) is 3.69. The van der Waals surface area contributed by atoms with E-state index in [-0.39, 0.29) is 30.3 Å². The first-order chi connectivity index (χ1) is 14.5. The van der Waals surface area contributed by atoms with Crippen LogP contribution in [0.2, 0.25) is 5.02 Å². The SMILES string of the molecule is CCOc1cccc(C(=O)NC2CCC(N)CC2)c1CC(=O)Nc1ccc(Cl)cn1. The second kappa shape index (κ2) is 10.4. The van der Waals surface area contributed by atoms with Crippen LogP contribution in [-0.4, -0.2) is 35.5 Å². The minimum Gasteiger partial charge on any atom is -0.494 e. The highest BCUT2D eigenvalue weighted by Gasteiger charge is 2.23. The number of halogens is 1. The Bertz CT molecular complexity index is 880. The minimum atomic E-state index is -0.297. The maximum absolute atomic E-state index is 13.0. The summed E-state index contributed by atoms with van der Waals surface area (Å²) >= 11 is 5.83. The summed E-state index contributed by atoms with van der Waals surface area (Å²) in [5, 5.41) is 6.30. The molecule has 0 spiro atoms. The second-order valence-electron chi connectivity index (χ2n) is 7.39. The molecule has 1 fully saturated rings. The van der Waals surface area contributed by atoms with E-state index < -0.39 is 0 Å². The number of nitrogens with two attached hydrogens (primary N) is 1. The molecule has 1 aromatic heterocycles. The van der Waals surface area contributed by atoms with E-state index in [1.165, 1.54) is 6.20 Å². The Labute approximate surface area is 181 Å². The van der Waals surface area contributed by atoms with Crippen molar-refractivity contribution in [1.29, 1.82) is 0 Å². The molecule has 1 saturated carbocycles. The van der Waals surface area contributed by atoms with E-state index >= 15 is 0 Å². The number of ether oxygens (including phenoxy) is 1. The van der Waals surface area contributed by atoms with Crippen LogP contribution in [0.5, 0.6) is 5.75 Å². The average molecular weight is 431 g/mol. The molecule has 2 amide bonds. The zero-order chi connectivity index (χ0) is 21.5. The number of anilines is 1. The predicted molar refractivity (Wildman–Crippen MR) is 117 cm³/mol. The van der Waals surface area contributed by atoms with Crippen LogP contribution >= 0.6 is 11.6 Å². The van der Waals surface area contributed by atoms with E-state index in [9.17, 15) is 9.59 Å². The number of benzene rings is 1. The monoisotopic (exact) mass is 430 g/mol. The molecule has 0 radical (unpaired) electrons. The Morgan fingerprint density at radius 2 is 1.97 bits per heavy atom. The molecule has 160 valence electrons. The maximum Gasteiger partial charge on any atom is 0.251 e. The number of hydrogen-bond donors (Lipinski definition) is 3. The first kappa shape index (κ1) is 22.1. The average Bonchev–Trinajstić information content (AvgIpc) is 2.73. The molecule has 4 N–H and O–H groups in total. The third-order valence-corrected chi connectivity index (χ3v) is 5.34. The largest absolute Gasteiger partial charge is 0.494 e. The van der Waals surface area contributed by atoms with Crippen LogP contribution in [-0.2, 0) is 11.2 Å². The zero-order valence-electron chi connectivity index (χ0n) is 17.0. The van der Waals surface area contributed by atoms with Crippen molar-refractivity contribution in [3.05, 3.63) is 52.7 Å². The van der Waals surface area contributed by atoms with Gasteiger partial charge in [0.1, 0.15) is 11.6 Å². The predicted octanol–water partition coefficient (Wildman–Crippen LogP) is 3.31. The number of aromatic nitrogens is 1. The van der Waals surface area contributed by atoms with E-state index in [4.69, 9.17) is 22.1 Å². The molecule has 0 bridgehead atoms. The van der Waals surface area contributed by atoms with Crippen molar-refractivity contribution in [2.24, 2.45) is 5.73 Å². The summed E-state index contributed by atoms with van der Waals surface area (Å²) in [6.45, 7) is 2.29. The molecule has 8 heteroatoms. The van der Waals surface area contributed by atoms with E-state index in [2.05, 4.69) is 15.6 Å². The summed E-state index contributed by atoms with van der Waals surface area (Å²) in [6, 6.07) is 8.81. The van der Waals surface area contributed by atoms with Crippen molar-refractivity contribution in [3.63, 3.8) is 0 Å². The smallest absolute Gasteiger partial charge is 0.251 e. The van der Waals surface area contributed by atoms with Crippen molar-refractivity contribution >= 4 is 29.2 Å². The van der Waals surface area contributed by atoms with Crippen molar-refractivity contribution in [3.8, 4) is 5.75 Å². The standard InChI is InChI=1S/C22H27ClN4O3/c1-2-30-19-5-3-4-17(22(29)26-16-9-7-15(24)8-10-16)18(19)12-21(28)27-20-11-6-14(23)13-25-20/h3-6,11,13,15-16H,2,7-10,12,24H2,1H3,(H,26,29)(H,25,27,28). The van der Waals surface area contributed by atoms with Gasteiger partial charge >= 0.3 is 0 Å². The maximum atomic E-state index is 13.0. The van der Waals surface area contributed by atoms with Crippen LogP contribution in [0.4, 0.5) is 5.82 Å². The topological polar surface area (TPSA) is 106 Å². The highest BCUT2D eigenvalue weighted by Crippen LogP contribution is 2.25. The van der Waals surface area contributed by atoms with Gasteiger partial charge in [-0.05, 0) is 56.9 Å². The number of rotatable bonds is 7. The second-order valence-corrected chi connectivity index (χ2v) is 7.82.